The van der Waals surface area contributed by atoms with E-state index < -0.39 is 0 Å². The standard InChI is InChI=1S/C20H25N3O2/c1-3-25-20-15(8-6-11-18(20)24-2)14-21-13-7-12-19-22-16-9-4-5-10-17(16)23-19/h4-6,8-11,21H,3,7,12-14H2,1-2H3,(H,22,23). The number of aryl methyl sites for hydroxylation is 1. The predicted molar refractivity (Wildman–Crippen MR) is 100 cm³/mol. The highest BCUT2D eigenvalue weighted by Crippen LogP contribution is 2.30. The van der Waals surface area contributed by atoms with E-state index in [1.54, 1.807) is 7.11 Å². The molecule has 0 amide bonds. The number of hydrogen-bond donors (Lipinski definition) is 2. The molecular weight excluding hydrogens is 314 g/mol. The van der Waals surface area contributed by atoms with Gasteiger partial charge in [0.1, 0.15) is 5.82 Å². The Morgan fingerprint density at radius 1 is 1.12 bits per heavy atom. The van der Waals surface area contributed by atoms with Crippen LogP contribution in [0.4, 0.5) is 0 Å². The first-order valence-corrected chi connectivity index (χ1v) is 8.75. The Kier molecular flexibility index (Phi) is 5.90. The van der Waals surface area contributed by atoms with Crippen LogP contribution in [0.2, 0.25) is 0 Å². The van der Waals surface area contributed by atoms with Crippen LogP contribution in [0.5, 0.6) is 11.5 Å². The van der Waals surface area contributed by atoms with Crippen molar-refractivity contribution in [1.29, 1.82) is 0 Å². The lowest BCUT2D eigenvalue weighted by Gasteiger charge is -2.14. The van der Waals surface area contributed by atoms with Crippen molar-refractivity contribution < 1.29 is 9.47 Å². The van der Waals surface area contributed by atoms with E-state index in [9.17, 15) is 0 Å². The topological polar surface area (TPSA) is 59.2 Å². The van der Waals surface area contributed by atoms with Crippen LogP contribution in [0.15, 0.2) is 42.5 Å². The number of benzene rings is 2. The zero-order chi connectivity index (χ0) is 17.5. The van der Waals surface area contributed by atoms with Gasteiger partial charge in [0.15, 0.2) is 11.5 Å². The SMILES string of the molecule is CCOc1c(CNCCCc2nc3ccccc3[nH]2)cccc1OC. The molecule has 0 radical (unpaired) electrons. The maximum absolute atomic E-state index is 5.74. The average Bonchev–Trinajstić information content (AvgIpc) is 3.05. The van der Waals surface area contributed by atoms with Crippen LogP contribution >= 0.6 is 0 Å². The monoisotopic (exact) mass is 339 g/mol. The Hall–Kier alpha value is -2.53. The van der Waals surface area contributed by atoms with Crippen molar-refractivity contribution in [2.75, 3.05) is 20.3 Å². The highest BCUT2D eigenvalue weighted by molar-refractivity contribution is 5.74. The predicted octanol–water partition coefficient (Wildman–Crippen LogP) is 3.69. The molecular formula is C20H25N3O2. The number of ether oxygens (including phenoxy) is 2. The number of aromatic amines is 1. The molecule has 0 saturated carbocycles. The highest BCUT2D eigenvalue weighted by atomic mass is 16.5. The summed E-state index contributed by atoms with van der Waals surface area (Å²) in [5.74, 6) is 2.65. The Morgan fingerprint density at radius 3 is 2.80 bits per heavy atom. The summed E-state index contributed by atoms with van der Waals surface area (Å²) >= 11 is 0. The number of para-hydroxylation sites is 3. The zero-order valence-corrected chi connectivity index (χ0v) is 14.8. The number of imidazole rings is 1. The molecule has 2 N–H and O–H groups in total. The van der Waals surface area contributed by atoms with Crippen molar-refractivity contribution in [3.8, 4) is 11.5 Å². The zero-order valence-electron chi connectivity index (χ0n) is 14.8. The summed E-state index contributed by atoms with van der Waals surface area (Å²) in [5.41, 5.74) is 3.25. The van der Waals surface area contributed by atoms with E-state index in [1.807, 2.05) is 37.3 Å². The van der Waals surface area contributed by atoms with E-state index in [2.05, 4.69) is 27.4 Å². The van der Waals surface area contributed by atoms with Crippen molar-refractivity contribution in [1.82, 2.24) is 15.3 Å². The maximum Gasteiger partial charge on any atom is 0.165 e. The first kappa shape index (κ1) is 17.3. The van der Waals surface area contributed by atoms with Gasteiger partial charge < -0.3 is 19.8 Å². The normalized spacial score (nSPS) is 11.0. The molecule has 0 bridgehead atoms. The van der Waals surface area contributed by atoms with E-state index in [-0.39, 0.29) is 0 Å². The Balaban J connectivity index is 1.50. The first-order valence-electron chi connectivity index (χ1n) is 8.75. The number of H-pyrrole nitrogens is 1. The number of aromatic nitrogens is 2. The molecule has 0 aliphatic rings. The second-order valence-electron chi connectivity index (χ2n) is 5.86. The van der Waals surface area contributed by atoms with Gasteiger partial charge in [-0.1, -0.05) is 24.3 Å². The minimum atomic E-state index is 0.624. The van der Waals surface area contributed by atoms with Crippen molar-refractivity contribution in [3.63, 3.8) is 0 Å². The summed E-state index contributed by atoms with van der Waals surface area (Å²) in [6, 6.07) is 14.1. The van der Waals surface area contributed by atoms with Gasteiger partial charge in [0, 0.05) is 18.5 Å². The number of nitrogens with zero attached hydrogens (tertiary/aromatic N) is 1. The van der Waals surface area contributed by atoms with Crippen LogP contribution in [0.1, 0.15) is 24.7 Å². The number of rotatable bonds is 9. The third-order valence-corrected chi connectivity index (χ3v) is 4.09. The van der Waals surface area contributed by atoms with Crippen LogP contribution < -0.4 is 14.8 Å². The lowest BCUT2D eigenvalue weighted by molar-refractivity contribution is 0.307. The Labute approximate surface area is 148 Å². The van der Waals surface area contributed by atoms with Gasteiger partial charge in [-0.2, -0.15) is 0 Å². The van der Waals surface area contributed by atoms with Crippen LogP contribution in [0.25, 0.3) is 11.0 Å². The second kappa shape index (κ2) is 8.53. The Bertz CT molecular complexity index is 781. The van der Waals surface area contributed by atoms with Crippen LogP contribution in [-0.2, 0) is 13.0 Å². The van der Waals surface area contributed by atoms with Gasteiger partial charge in [-0.05, 0) is 38.1 Å². The summed E-state index contributed by atoms with van der Waals surface area (Å²) in [4.78, 5) is 7.98. The molecule has 2 aromatic carbocycles. The number of nitrogens with one attached hydrogen (secondary N) is 2. The molecule has 3 aromatic rings. The van der Waals surface area contributed by atoms with Gasteiger partial charge in [0.25, 0.3) is 0 Å². The molecule has 3 rings (SSSR count). The molecule has 0 atom stereocenters. The quantitative estimate of drug-likeness (QED) is 0.584. The molecule has 0 saturated heterocycles. The molecule has 5 heteroatoms. The summed E-state index contributed by atoms with van der Waals surface area (Å²) in [5, 5.41) is 3.48. The van der Waals surface area contributed by atoms with Gasteiger partial charge >= 0.3 is 0 Å². The minimum Gasteiger partial charge on any atom is -0.493 e. The van der Waals surface area contributed by atoms with Crippen LogP contribution in [0, 0.1) is 0 Å². The van der Waals surface area contributed by atoms with E-state index in [0.717, 1.165) is 59.9 Å². The van der Waals surface area contributed by atoms with Gasteiger partial charge in [-0.25, -0.2) is 4.98 Å². The number of hydrogen-bond acceptors (Lipinski definition) is 4. The van der Waals surface area contributed by atoms with Gasteiger partial charge in [-0.15, -0.1) is 0 Å². The first-order chi connectivity index (χ1) is 12.3. The Morgan fingerprint density at radius 2 is 2.00 bits per heavy atom. The van der Waals surface area contributed by atoms with E-state index in [4.69, 9.17) is 9.47 Å². The third-order valence-electron chi connectivity index (χ3n) is 4.09. The fraction of sp³-hybridized carbons (Fsp3) is 0.350. The molecule has 0 aliphatic carbocycles. The summed E-state index contributed by atoms with van der Waals surface area (Å²) in [6.07, 6.45) is 1.95. The average molecular weight is 339 g/mol. The molecule has 0 aliphatic heterocycles. The smallest absolute Gasteiger partial charge is 0.165 e. The number of fused-ring (bicyclic) bond motifs is 1. The van der Waals surface area contributed by atoms with Gasteiger partial charge in [0.2, 0.25) is 0 Å². The molecule has 25 heavy (non-hydrogen) atoms. The van der Waals surface area contributed by atoms with Crippen LogP contribution in [-0.4, -0.2) is 30.2 Å². The number of methoxy groups -OCH3 is 1. The van der Waals surface area contributed by atoms with Gasteiger partial charge in [-0.3, -0.25) is 0 Å². The second-order valence-corrected chi connectivity index (χ2v) is 5.86. The van der Waals surface area contributed by atoms with E-state index in [0.29, 0.717) is 6.61 Å². The molecule has 132 valence electrons. The lowest BCUT2D eigenvalue weighted by Crippen LogP contribution is -2.16. The van der Waals surface area contributed by atoms with Crippen LogP contribution in [0.3, 0.4) is 0 Å². The van der Waals surface area contributed by atoms with E-state index in [1.165, 1.54) is 0 Å². The minimum absolute atomic E-state index is 0.624. The molecule has 1 heterocycles. The molecule has 0 spiro atoms. The summed E-state index contributed by atoms with van der Waals surface area (Å²) < 4.78 is 11.1. The summed E-state index contributed by atoms with van der Waals surface area (Å²) in [6.45, 7) is 4.28. The fourth-order valence-electron chi connectivity index (χ4n) is 2.90. The maximum atomic E-state index is 5.74. The van der Waals surface area contributed by atoms with Crippen molar-refractivity contribution in [3.05, 3.63) is 53.9 Å². The third kappa shape index (κ3) is 4.31. The van der Waals surface area contributed by atoms with Gasteiger partial charge in [0.05, 0.1) is 24.8 Å². The molecule has 5 nitrogen and oxygen atoms in total. The highest BCUT2D eigenvalue weighted by Gasteiger charge is 2.09. The molecule has 1 aromatic heterocycles. The van der Waals surface area contributed by atoms with Crippen molar-refractivity contribution in [2.45, 2.75) is 26.3 Å². The largest absolute Gasteiger partial charge is 0.493 e. The summed E-state index contributed by atoms with van der Waals surface area (Å²) in [7, 11) is 1.67. The molecule has 0 fully saturated rings. The lowest BCUT2D eigenvalue weighted by atomic mass is 10.1. The van der Waals surface area contributed by atoms with Crippen molar-refractivity contribution in [2.24, 2.45) is 0 Å². The van der Waals surface area contributed by atoms with Crippen molar-refractivity contribution >= 4 is 11.0 Å². The van der Waals surface area contributed by atoms with E-state index >= 15 is 0 Å². The fourth-order valence-corrected chi connectivity index (χ4v) is 2.90. The molecule has 0 unspecified atom stereocenters.